The maximum atomic E-state index is 10.6. The third-order valence-electron chi connectivity index (χ3n) is 0.952. The van der Waals surface area contributed by atoms with Crippen LogP contribution in [0.15, 0.2) is 12.1 Å². The Bertz CT molecular complexity index is 246. The topological polar surface area (TPSA) is 75.4 Å². The van der Waals surface area contributed by atoms with Crippen molar-refractivity contribution in [3.8, 4) is 0 Å². The first kappa shape index (κ1) is 7.04. The van der Waals surface area contributed by atoms with Crippen molar-refractivity contribution in [1.82, 2.24) is 5.48 Å². The van der Waals surface area contributed by atoms with E-state index in [0.717, 1.165) is 11.3 Å². The molecule has 0 saturated heterocycles. The van der Waals surface area contributed by atoms with Gasteiger partial charge in [0.2, 0.25) is 0 Å². The van der Waals surface area contributed by atoms with E-state index in [9.17, 15) is 4.79 Å². The molecule has 0 aliphatic carbocycles. The molecule has 54 valence electrons. The molecule has 0 aliphatic heterocycles. The van der Waals surface area contributed by atoms with Crippen LogP contribution in [0.2, 0.25) is 0 Å². The molecular formula is C5H6N2O2S. The van der Waals surface area contributed by atoms with Crippen molar-refractivity contribution in [3.63, 3.8) is 0 Å². The summed E-state index contributed by atoms with van der Waals surface area (Å²) in [4.78, 5) is 11.0. The van der Waals surface area contributed by atoms with Crippen molar-refractivity contribution < 1.29 is 10.0 Å². The molecule has 10 heavy (non-hydrogen) atoms. The van der Waals surface area contributed by atoms with Gasteiger partial charge < -0.3 is 5.73 Å². The molecule has 0 aromatic carbocycles. The second kappa shape index (κ2) is 2.68. The maximum Gasteiger partial charge on any atom is 0.284 e. The molecule has 0 radical (unpaired) electrons. The van der Waals surface area contributed by atoms with Crippen molar-refractivity contribution in [2.75, 3.05) is 5.73 Å². The summed E-state index contributed by atoms with van der Waals surface area (Å²) in [6, 6.07) is 3.15. The van der Waals surface area contributed by atoms with Crippen LogP contribution in [0, 0.1) is 0 Å². The zero-order valence-corrected chi connectivity index (χ0v) is 5.81. The molecule has 0 spiro atoms. The third kappa shape index (κ3) is 1.26. The molecule has 0 aliphatic rings. The summed E-state index contributed by atoms with van der Waals surface area (Å²) in [5.41, 5.74) is 6.84. The van der Waals surface area contributed by atoms with Gasteiger partial charge in [0, 0.05) is 0 Å². The van der Waals surface area contributed by atoms with Crippen molar-refractivity contribution in [2.24, 2.45) is 0 Å². The monoisotopic (exact) mass is 158 g/mol. The van der Waals surface area contributed by atoms with Gasteiger partial charge in [0.15, 0.2) is 0 Å². The van der Waals surface area contributed by atoms with Crippen molar-refractivity contribution in [1.29, 1.82) is 0 Å². The number of nitrogen functional groups attached to an aromatic ring is 1. The number of hydrogen-bond acceptors (Lipinski definition) is 4. The lowest BCUT2D eigenvalue weighted by molar-refractivity contribution is 0.0711. The van der Waals surface area contributed by atoms with Crippen LogP contribution in [0.25, 0.3) is 0 Å². The third-order valence-corrected chi connectivity index (χ3v) is 1.87. The minimum absolute atomic E-state index is 0.403. The van der Waals surface area contributed by atoms with E-state index in [1.807, 2.05) is 0 Å². The highest BCUT2D eigenvalue weighted by Gasteiger charge is 2.04. The lowest BCUT2D eigenvalue weighted by Crippen LogP contribution is -2.16. The van der Waals surface area contributed by atoms with E-state index in [-0.39, 0.29) is 0 Å². The SMILES string of the molecule is Nc1ccc(C(=O)NO)s1. The van der Waals surface area contributed by atoms with Gasteiger partial charge in [0.25, 0.3) is 5.91 Å². The Morgan fingerprint density at radius 1 is 1.70 bits per heavy atom. The first-order chi connectivity index (χ1) is 4.74. The second-order valence-electron chi connectivity index (χ2n) is 1.64. The molecule has 0 bridgehead atoms. The summed E-state index contributed by atoms with van der Waals surface area (Å²) in [5.74, 6) is -0.526. The van der Waals surface area contributed by atoms with Crippen LogP contribution in [-0.2, 0) is 0 Å². The number of hydrogen-bond donors (Lipinski definition) is 3. The van der Waals surface area contributed by atoms with Gasteiger partial charge in [0.1, 0.15) is 0 Å². The highest BCUT2D eigenvalue weighted by molar-refractivity contribution is 7.17. The van der Waals surface area contributed by atoms with Crippen LogP contribution >= 0.6 is 11.3 Å². The Morgan fingerprint density at radius 3 is 2.80 bits per heavy atom. The molecule has 4 N–H and O–H groups in total. The van der Waals surface area contributed by atoms with Gasteiger partial charge in [-0.15, -0.1) is 11.3 Å². The van der Waals surface area contributed by atoms with Crippen LogP contribution in [-0.4, -0.2) is 11.1 Å². The minimum atomic E-state index is -0.526. The Balaban J connectivity index is 2.85. The van der Waals surface area contributed by atoms with E-state index in [4.69, 9.17) is 10.9 Å². The maximum absolute atomic E-state index is 10.6. The molecule has 0 unspecified atom stereocenters. The summed E-state index contributed by atoms with van der Waals surface area (Å²) in [5, 5.41) is 8.72. The van der Waals surface area contributed by atoms with Crippen LogP contribution in [0.3, 0.4) is 0 Å². The molecule has 1 amide bonds. The van der Waals surface area contributed by atoms with Crippen molar-refractivity contribution in [3.05, 3.63) is 17.0 Å². The molecule has 0 fully saturated rings. The van der Waals surface area contributed by atoms with Gasteiger partial charge in [-0.3, -0.25) is 10.0 Å². The summed E-state index contributed by atoms with van der Waals surface area (Å²) in [6.45, 7) is 0. The predicted octanol–water partition coefficient (Wildman–Crippen LogP) is 0.449. The molecule has 1 aromatic heterocycles. The van der Waals surface area contributed by atoms with Crippen molar-refractivity contribution >= 4 is 22.2 Å². The number of nitrogens with one attached hydrogen (secondary N) is 1. The number of anilines is 1. The fourth-order valence-electron chi connectivity index (χ4n) is 0.530. The largest absolute Gasteiger partial charge is 0.391 e. The number of carbonyl (C=O) groups is 1. The van der Waals surface area contributed by atoms with Gasteiger partial charge in [-0.1, -0.05) is 0 Å². The average molecular weight is 158 g/mol. The van der Waals surface area contributed by atoms with Crippen LogP contribution in [0.4, 0.5) is 5.00 Å². The van der Waals surface area contributed by atoms with E-state index >= 15 is 0 Å². The lowest BCUT2D eigenvalue weighted by Gasteiger charge is -1.89. The summed E-state index contributed by atoms with van der Waals surface area (Å²) in [7, 11) is 0. The Kier molecular flexibility index (Phi) is 1.88. The first-order valence-corrected chi connectivity index (χ1v) is 3.35. The summed E-state index contributed by atoms with van der Waals surface area (Å²) < 4.78 is 0. The number of nitrogens with two attached hydrogens (primary N) is 1. The molecule has 0 atom stereocenters. The van der Waals surface area contributed by atoms with E-state index in [1.165, 1.54) is 5.48 Å². The lowest BCUT2D eigenvalue weighted by atomic mass is 10.4. The predicted molar refractivity (Wildman–Crippen MR) is 38.0 cm³/mol. The molecule has 0 saturated carbocycles. The quantitative estimate of drug-likeness (QED) is 0.410. The summed E-state index contributed by atoms with van der Waals surface area (Å²) >= 11 is 1.13. The molecule has 1 heterocycles. The van der Waals surface area contributed by atoms with Crippen LogP contribution in [0.5, 0.6) is 0 Å². The van der Waals surface area contributed by atoms with Gasteiger partial charge in [-0.2, -0.15) is 0 Å². The van der Waals surface area contributed by atoms with E-state index in [2.05, 4.69) is 0 Å². The smallest absolute Gasteiger partial charge is 0.284 e. The fraction of sp³-hybridized carbons (Fsp3) is 0. The van der Waals surface area contributed by atoms with Crippen molar-refractivity contribution in [2.45, 2.75) is 0 Å². The molecule has 1 aromatic rings. The number of hydroxylamine groups is 1. The van der Waals surface area contributed by atoms with E-state index in [0.29, 0.717) is 9.88 Å². The van der Waals surface area contributed by atoms with Gasteiger partial charge in [0.05, 0.1) is 9.88 Å². The van der Waals surface area contributed by atoms with Gasteiger partial charge >= 0.3 is 0 Å². The molecular weight excluding hydrogens is 152 g/mol. The van der Waals surface area contributed by atoms with E-state index < -0.39 is 5.91 Å². The number of amides is 1. The normalized spacial score (nSPS) is 9.30. The summed E-state index contributed by atoms with van der Waals surface area (Å²) in [6.07, 6.45) is 0. The van der Waals surface area contributed by atoms with Gasteiger partial charge in [-0.25, -0.2) is 5.48 Å². The number of carbonyl (C=O) groups excluding carboxylic acids is 1. The Hall–Kier alpha value is -1.07. The zero-order chi connectivity index (χ0) is 7.56. The highest BCUT2D eigenvalue weighted by Crippen LogP contribution is 2.17. The molecule has 4 nitrogen and oxygen atoms in total. The fourth-order valence-corrected chi connectivity index (χ4v) is 1.19. The first-order valence-electron chi connectivity index (χ1n) is 2.54. The Morgan fingerprint density at radius 2 is 2.40 bits per heavy atom. The Labute approximate surface area is 61.2 Å². The number of rotatable bonds is 1. The van der Waals surface area contributed by atoms with Crippen LogP contribution in [0.1, 0.15) is 9.67 Å². The highest BCUT2D eigenvalue weighted by atomic mass is 32.1. The van der Waals surface area contributed by atoms with E-state index in [1.54, 1.807) is 12.1 Å². The van der Waals surface area contributed by atoms with Gasteiger partial charge in [-0.05, 0) is 12.1 Å². The number of thiophene rings is 1. The van der Waals surface area contributed by atoms with Crippen LogP contribution < -0.4 is 11.2 Å². The second-order valence-corrected chi connectivity index (χ2v) is 2.76. The minimum Gasteiger partial charge on any atom is -0.391 e. The standard InChI is InChI=1S/C5H6N2O2S/c6-4-2-1-3(10-4)5(8)7-9/h1-2,9H,6H2,(H,7,8). The molecule has 5 heteroatoms. The zero-order valence-electron chi connectivity index (χ0n) is 5.00. The molecule has 1 rings (SSSR count). The average Bonchev–Trinajstić information content (AvgIpc) is 2.34.